The zero-order chi connectivity index (χ0) is 12.2. The van der Waals surface area contributed by atoms with Crippen LogP contribution in [-0.4, -0.2) is 25.8 Å². The fourth-order valence-electron chi connectivity index (χ4n) is 1.25. The quantitative estimate of drug-likeness (QED) is 0.774. The summed E-state index contributed by atoms with van der Waals surface area (Å²) in [7, 11) is -3.53. The molecular formula is C11H12ClNO2S. The van der Waals surface area contributed by atoms with E-state index in [0.717, 1.165) is 0 Å². The fourth-order valence-corrected chi connectivity index (χ4v) is 2.91. The first-order valence-corrected chi connectivity index (χ1v) is 6.53. The Morgan fingerprint density at radius 2 is 2.19 bits per heavy atom. The van der Waals surface area contributed by atoms with Crippen molar-refractivity contribution in [3.63, 3.8) is 0 Å². The van der Waals surface area contributed by atoms with Gasteiger partial charge in [-0.15, -0.1) is 6.42 Å². The van der Waals surface area contributed by atoms with E-state index in [2.05, 4.69) is 5.92 Å². The van der Waals surface area contributed by atoms with Crippen LogP contribution in [0.15, 0.2) is 29.2 Å². The van der Waals surface area contributed by atoms with Gasteiger partial charge in [-0.2, -0.15) is 4.31 Å². The molecule has 0 amide bonds. The number of terminal acetylenes is 1. The molecule has 86 valence electrons. The van der Waals surface area contributed by atoms with Crippen LogP contribution >= 0.6 is 11.6 Å². The zero-order valence-electron chi connectivity index (χ0n) is 8.85. The molecule has 0 aliphatic carbocycles. The molecule has 5 heteroatoms. The van der Waals surface area contributed by atoms with Gasteiger partial charge in [-0.1, -0.05) is 30.5 Å². The van der Waals surface area contributed by atoms with Gasteiger partial charge in [0.05, 0.1) is 11.4 Å². The number of sulfonamides is 1. The van der Waals surface area contributed by atoms with E-state index < -0.39 is 10.0 Å². The van der Waals surface area contributed by atoms with Crippen molar-refractivity contribution in [2.24, 2.45) is 0 Å². The van der Waals surface area contributed by atoms with Gasteiger partial charge in [0.2, 0.25) is 10.0 Å². The van der Waals surface area contributed by atoms with E-state index >= 15 is 0 Å². The minimum absolute atomic E-state index is 0.0609. The van der Waals surface area contributed by atoms with Crippen molar-refractivity contribution in [2.45, 2.75) is 11.8 Å². The molecule has 0 heterocycles. The second-order valence-corrected chi connectivity index (χ2v) is 5.47. The van der Waals surface area contributed by atoms with E-state index in [4.69, 9.17) is 18.0 Å². The number of benzene rings is 1. The van der Waals surface area contributed by atoms with Gasteiger partial charge in [0, 0.05) is 11.6 Å². The molecular weight excluding hydrogens is 246 g/mol. The van der Waals surface area contributed by atoms with Crippen molar-refractivity contribution in [3.05, 3.63) is 29.3 Å². The molecule has 0 spiro atoms. The Hall–Kier alpha value is -1.02. The molecule has 0 fully saturated rings. The lowest BCUT2D eigenvalue weighted by Gasteiger charge is -2.17. The molecule has 1 aromatic carbocycles. The van der Waals surface area contributed by atoms with Crippen molar-refractivity contribution < 1.29 is 8.42 Å². The molecule has 0 aromatic heterocycles. The summed E-state index contributed by atoms with van der Waals surface area (Å²) in [6, 6.07) is 6.13. The average molecular weight is 258 g/mol. The van der Waals surface area contributed by atoms with E-state index in [9.17, 15) is 8.42 Å². The normalized spacial score (nSPS) is 11.4. The predicted molar refractivity (Wildman–Crippen MR) is 64.7 cm³/mol. The summed E-state index contributed by atoms with van der Waals surface area (Å²) in [4.78, 5) is 0.164. The van der Waals surface area contributed by atoms with Crippen molar-refractivity contribution >= 4 is 21.6 Å². The molecule has 0 unspecified atom stereocenters. The Morgan fingerprint density at radius 1 is 1.50 bits per heavy atom. The predicted octanol–water partition coefficient (Wildman–Crippen LogP) is 1.98. The molecule has 0 N–H and O–H groups in total. The van der Waals surface area contributed by atoms with E-state index in [1.807, 2.05) is 0 Å². The highest BCUT2D eigenvalue weighted by molar-refractivity contribution is 7.89. The SMILES string of the molecule is C#CCN(CC)S(=O)(=O)c1cccc(Cl)c1. The van der Waals surface area contributed by atoms with Crippen molar-refractivity contribution in [1.29, 1.82) is 0 Å². The number of hydrogen-bond acceptors (Lipinski definition) is 2. The molecule has 0 saturated carbocycles. The topological polar surface area (TPSA) is 37.4 Å². The first kappa shape index (κ1) is 13.0. The highest BCUT2D eigenvalue weighted by atomic mass is 35.5. The molecule has 1 aromatic rings. The highest BCUT2D eigenvalue weighted by Crippen LogP contribution is 2.19. The number of nitrogens with zero attached hydrogens (tertiary/aromatic N) is 1. The van der Waals surface area contributed by atoms with Crippen LogP contribution in [0.4, 0.5) is 0 Å². The maximum Gasteiger partial charge on any atom is 0.243 e. The summed E-state index contributed by atoms with van der Waals surface area (Å²) < 4.78 is 25.4. The smallest absolute Gasteiger partial charge is 0.207 e. The fraction of sp³-hybridized carbons (Fsp3) is 0.273. The van der Waals surface area contributed by atoms with Crippen LogP contribution in [0.3, 0.4) is 0 Å². The molecule has 0 aliphatic heterocycles. The number of rotatable bonds is 4. The Bertz CT molecular complexity index is 505. The van der Waals surface area contributed by atoms with Crippen molar-refractivity contribution in [2.75, 3.05) is 13.1 Å². The minimum atomic E-state index is -3.53. The van der Waals surface area contributed by atoms with Gasteiger partial charge in [0.25, 0.3) is 0 Å². The molecule has 0 atom stereocenters. The highest BCUT2D eigenvalue weighted by Gasteiger charge is 2.22. The van der Waals surface area contributed by atoms with E-state index in [1.54, 1.807) is 19.1 Å². The van der Waals surface area contributed by atoms with Gasteiger partial charge in [-0.3, -0.25) is 0 Å². The standard InChI is InChI=1S/C11H12ClNO2S/c1-3-8-13(4-2)16(14,15)11-7-5-6-10(12)9-11/h1,5-7,9H,4,8H2,2H3. The van der Waals surface area contributed by atoms with Gasteiger partial charge < -0.3 is 0 Å². The first-order valence-electron chi connectivity index (χ1n) is 4.71. The largest absolute Gasteiger partial charge is 0.243 e. The van der Waals surface area contributed by atoms with Crippen LogP contribution in [0.5, 0.6) is 0 Å². The van der Waals surface area contributed by atoms with Gasteiger partial charge in [-0.05, 0) is 18.2 Å². The van der Waals surface area contributed by atoms with Gasteiger partial charge in [0.15, 0.2) is 0 Å². The molecule has 3 nitrogen and oxygen atoms in total. The van der Waals surface area contributed by atoms with E-state index in [1.165, 1.54) is 16.4 Å². The molecule has 0 bridgehead atoms. The van der Waals surface area contributed by atoms with Crippen LogP contribution in [0.1, 0.15) is 6.92 Å². The lowest BCUT2D eigenvalue weighted by atomic mass is 10.4. The summed E-state index contributed by atoms with van der Waals surface area (Å²) in [5.74, 6) is 2.32. The second-order valence-electron chi connectivity index (χ2n) is 3.09. The molecule has 0 radical (unpaired) electrons. The third-order valence-corrected chi connectivity index (χ3v) is 4.21. The van der Waals surface area contributed by atoms with Crippen LogP contribution in [0.25, 0.3) is 0 Å². The van der Waals surface area contributed by atoms with Crippen LogP contribution in [0, 0.1) is 12.3 Å². The lowest BCUT2D eigenvalue weighted by Crippen LogP contribution is -2.31. The van der Waals surface area contributed by atoms with Gasteiger partial charge >= 0.3 is 0 Å². The summed E-state index contributed by atoms with van der Waals surface area (Å²) in [6.45, 7) is 2.13. The summed E-state index contributed by atoms with van der Waals surface area (Å²) in [6.07, 6.45) is 5.13. The number of hydrogen-bond donors (Lipinski definition) is 0. The van der Waals surface area contributed by atoms with E-state index in [-0.39, 0.29) is 11.4 Å². The Kier molecular flexibility index (Phi) is 4.36. The average Bonchev–Trinajstić information content (AvgIpc) is 2.25. The third-order valence-electron chi connectivity index (χ3n) is 2.05. The van der Waals surface area contributed by atoms with Crippen LogP contribution in [0.2, 0.25) is 5.02 Å². The van der Waals surface area contributed by atoms with Gasteiger partial charge in [0.1, 0.15) is 0 Å². The maximum atomic E-state index is 12.1. The summed E-state index contributed by atoms with van der Waals surface area (Å²) in [5, 5.41) is 0.387. The number of halogens is 1. The molecule has 0 aliphatic rings. The molecule has 16 heavy (non-hydrogen) atoms. The van der Waals surface area contributed by atoms with Crippen molar-refractivity contribution in [3.8, 4) is 12.3 Å². The lowest BCUT2D eigenvalue weighted by molar-refractivity contribution is 0.464. The Balaban J connectivity index is 3.16. The second kappa shape index (κ2) is 5.35. The minimum Gasteiger partial charge on any atom is -0.207 e. The molecule has 0 saturated heterocycles. The van der Waals surface area contributed by atoms with Gasteiger partial charge in [-0.25, -0.2) is 8.42 Å². The summed E-state index contributed by atoms with van der Waals surface area (Å²) >= 11 is 5.75. The van der Waals surface area contributed by atoms with Crippen LogP contribution < -0.4 is 0 Å². The summed E-state index contributed by atoms with van der Waals surface area (Å²) in [5.41, 5.74) is 0. The monoisotopic (exact) mass is 257 g/mol. The Labute approximate surface area is 101 Å². The first-order chi connectivity index (χ1) is 7.52. The van der Waals surface area contributed by atoms with E-state index in [0.29, 0.717) is 11.6 Å². The maximum absolute atomic E-state index is 12.1. The van der Waals surface area contributed by atoms with Crippen molar-refractivity contribution in [1.82, 2.24) is 4.31 Å². The molecule has 1 rings (SSSR count). The van der Waals surface area contributed by atoms with Crippen LogP contribution in [-0.2, 0) is 10.0 Å². The Morgan fingerprint density at radius 3 is 2.69 bits per heavy atom. The zero-order valence-corrected chi connectivity index (χ0v) is 10.4. The third kappa shape index (κ3) is 2.76.